The van der Waals surface area contributed by atoms with Crippen LogP contribution in [0.15, 0.2) is 109 Å². The van der Waals surface area contributed by atoms with Crippen molar-refractivity contribution in [1.29, 1.82) is 0 Å². The van der Waals surface area contributed by atoms with Crippen LogP contribution in [0.3, 0.4) is 0 Å². The SMILES string of the molecule is Cc1ccccc1-n1c(-c2ccncc2)nn(CN(Cc2ccccc2)Cc2ccccc2)c1=S. The van der Waals surface area contributed by atoms with Crippen molar-refractivity contribution >= 4 is 12.2 Å². The molecule has 174 valence electrons. The monoisotopic (exact) mass is 477 g/mol. The lowest BCUT2D eigenvalue weighted by molar-refractivity contribution is 0.188. The van der Waals surface area contributed by atoms with Crippen molar-refractivity contribution in [2.75, 3.05) is 0 Å². The number of pyridine rings is 1. The molecule has 2 heterocycles. The normalized spacial score (nSPS) is 11.1. The van der Waals surface area contributed by atoms with Gasteiger partial charge >= 0.3 is 0 Å². The third-order valence-corrected chi connectivity index (χ3v) is 6.36. The number of nitrogens with zero attached hydrogens (tertiary/aromatic N) is 5. The van der Waals surface area contributed by atoms with E-state index in [1.165, 1.54) is 11.1 Å². The van der Waals surface area contributed by atoms with E-state index in [1.807, 2.05) is 41.1 Å². The van der Waals surface area contributed by atoms with E-state index < -0.39 is 0 Å². The van der Waals surface area contributed by atoms with Crippen LogP contribution in [-0.2, 0) is 19.8 Å². The molecule has 0 fully saturated rings. The fraction of sp³-hybridized carbons (Fsp3) is 0.138. The van der Waals surface area contributed by atoms with Crippen LogP contribution in [0.5, 0.6) is 0 Å². The molecular weight excluding hydrogens is 450 g/mol. The fourth-order valence-electron chi connectivity index (χ4n) is 4.25. The number of para-hydroxylation sites is 1. The third-order valence-electron chi connectivity index (χ3n) is 5.97. The summed E-state index contributed by atoms with van der Waals surface area (Å²) in [4.78, 5) is 6.55. The van der Waals surface area contributed by atoms with Gasteiger partial charge in [-0.3, -0.25) is 14.5 Å². The summed E-state index contributed by atoms with van der Waals surface area (Å²) in [6, 6.07) is 33.3. The molecule has 5 nitrogen and oxygen atoms in total. The number of hydrogen-bond acceptors (Lipinski definition) is 4. The van der Waals surface area contributed by atoms with Gasteiger partial charge in [0.05, 0.1) is 12.4 Å². The minimum Gasteiger partial charge on any atom is -0.276 e. The Labute approximate surface area is 210 Å². The van der Waals surface area contributed by atoms with Crippen LogP contribution in [0, 0.1) is 11.7 Å². The van der Waals surface area contributed by atoms with Gasteiger partial charge in [-0.05, 0) is 54.0 Å². The highest BCUT2D eigenvalue weighted by Gasteiger charge is 2.18. The summed E-state index contributed by atoms with van der Waals surface area (Å²) in [5.41, 5.74) is 5.66. The fourth-order valence-corrected chi connectivity index (χ4v) is 4.53. The lowest BCUT2D eigenvalue weighted by Crippen LogP contribution is -2.26. The second-order valence-corrected chi connectivity index (χ2v) is 8.93. The molecule has 0 saturated heterocycles. The third kappa shape index (κ3) is 5.29. The van der Waals surface area contributed by atoms with E-state index in [9.17, 15) is 0 Å². The Kier molecular flexibility index (Phi) is 6.93. The van der Waals surface area contributed by atoms with E-state index in [4.69, 9.17) is 17.3 Å². The molecule has 0 amide bonds. The van der Waals surface area contributed by atoms with E-state index >= 15 is 0 Å². The second-order valence-electron chi connectivity index (χ2n) is 8.56. The first-order valence-electron chi connectivity index (χ1n) is 11.7. The van der Waals surface area contributed by atoms with Crippen LogP contribution in [-0.4, -0.2) is 24.2 Å². The summed E-state index contributed by atoms with van der Waals surface area (Å²) in [5, 5.41) is 5.03. The highest BCUT2D eigenvalue weighted by atomic mass is 32.1. The molecule has 2 aromatic heterocycles. The van der Waals surface area contributed by atoms with Gasteiger partial charge in [0.25, 0.3) is 0 Å². The van der Waals surface area contributed by atoms with Crippen molar-refractivity contribution in [3.05, 3.63) is 131 Å². The van der Waals surface area contributed by atoms with Crippen molar-refractivity contribution < 1.29 is 0 Å². The summed E-state index contributed by atoms with van der Waals surface area (Å²) in [7, 11) is 0. The minimum atomic E-state index is 0.569. The first kappa shape index (κ1) is 22.9. The lowest BCUT2D eigenvalue weighted by Gasteiger charge is -2.22. The van der Waals surface area contributed by atoms with Crippen LogP contribution in [0.25, 0.3) is 17.1 Å². The molecule has 0 radical (unpaired) electrons. The van der Waals surface area contributed by atoms with Crippen LogP contribution in [0.4, 0.5) is 0 Å². The zero-order valence-electron chi connectivity index (χ0n) is 19.7. The molecule has 5 rings (SSSR count). The summed E-state index contributed by atoms with van der Waals surface area (Å²) in [6.07, 6.45) is 3.58. The molecular formula is C29H27N5S. The standard InChI is InChI=1S/C29H27N5S/c1-23-10-8-9-15-27(23)34-28(26-16-18-30-19-17-26)31-33(29(34)35)22-32(20-24-11-4-2-5-12-24)21-25-13-6-3-7-14-25/h2-19H,20-22H2,1H3. The summed E-state index contributed by atoms with van der Waals surface area (Å²) < 4.78 is 4.67. The van der Waals surface area contributed by atoms with Gasteiger partial charge in [-0.1, -0.05) is 78.9 Å². The molecule has 0 atom stereocenters. The first-order valence-corrected chi connectivity index (χ1v) is 12.1. The van der Waals surface area contributed by atoms with Gasteiger partial charge in [0.1, 0.15) is 0 Å². The average molecular weight is 478 g/mol. The highest BCUT2D eigenvalue weighted by Crippen LogP contribution is 2.25. The van der Waals surface area contributed by atoms with Gasteiger partial charge < -0.3 is 0 Å². The number of benzene rings is 3. The molecule has 0 N–H and O–H groups in total. The molecule has 5 aromatic rings. The van der Waals surface area contributed by atoms with E-state index in [-0.39, 0.29) is 0 Å². The van der Waals surface area contributed by atoms with Crippen molar-refractivity contribution in [3.63, 3.8) is 0 Å². The molecule has 0 aliphatic rings. The van der Waals surface area contributed by atoms with Crippen LogP contribution in [0.1, 0.15) is 16.7 Å². The molecule has 0 unspecified atom stereocenters. The molecule has 3 aromatic carbocycles. The molecule has 6 heteroatoms. The zero-order valence-corrected chi connectivity index (χ0v) is 20.5. The van der Waals surface area contributed by atoms with Gasteiger partial charge in [0.2, 0.25) is 4.77 Å². The number of rotatable bonds is 8. The highest BCUT2D eigenvalue weighted by molar-refractivity contribution is 7.71. The van der Waals surface area contributed by atoms with Crippen molar-refractivity contribution in [2.45, 2.75) is 26.7 Å². The lowest BCUT2D eigenvalue weighted by atomic mass is 10.2. The van der Waals surface area contributed by atoms with Gasteiger partial charge in [0, 0.05) is 31.0 Å². The quantitative estimate of drug-likeness (QED) is 0.241. The van der Waals surface area contributed by atoms with E-state index in [0.29, 0.717) is 11.4 Å². The topological polar surface area (TPSA) is 38.9 Å². The average Bonchev–Trinajstić information content (AvgIpc) is 3.21. The van der Waals surface area contributed by atoms with Crippen LogP contribution >= 0.6 is 12.2 Å². The Morgan fingerprint density at radius 3 is 1.91 bits per heavy atom. The van der Waals surface area contributed by atoms with E-state index in [0.717, 1.165) is 35.7 Å². The summed E-state index contributed by atoms with van der Waals surface area (Å²) >= 11 is 6.02. The summed E-state index contributed by atoms with van der Waals surface area (Å²) in [6.45, 7) is 4.25. The van der Waals surface area contributed by atoms with Crippen LogP contribution in [0.2, 0.25) is 0 Å². The number of hydrogen-bond donors (Lipinski definition) is 0. The van der Waals surface area contributed by atoms with Crippen LogP contribution < -0.4 is 0 Å². The Bertz CT molecular complexity index is 1400. The van der Waals surface area contributed by atoms with E-state index in [1.54, 1.807) is 12.4 Å². The van der Waals surface area contributed by atoms with Gasteiger partial charge in [0.15, 0.2) is 5.82 Å². The Hall–Kier alpha value is -3.87. The van der Waals surface area contributed by atoms with Gasteiger partial charge in [-0.25, -0.2) is 4.68 Å². The molecule has 0 saturated carbocycles. The van der Waals surface area contributed by atoms with Crippen molar-refractivity contribution in [3.8, 4) is 17.1 Å². The maximum absolute atomic E-state index is 6.02. The zero-order chi connectivity index (χ0) is 24.0. The molecule has 0 bridgehead atoms. The van der Waals surface area contributed by atoms with Crippen molar-refractivity contribution in [2.24, 2.45) is 0 Å². The number of aromatic nitrogens is 4. The van der Waals surface area contributed by atoms with Gasteiger partial charge in [-0.2, -0.15) is 0 Å². The maximum atomic E-state index is 6.02. The van der Waals surface area contributed by atoms with Crippen molar-refractivity contribution in [1.82, 2.24) is 24.2 Å². The molecule has 0 aliphatic carbocycles. The smallest absolute Gasteiger partial charge is 0.204 e. The predicted octanol–water partition coefficient (Wildman–Crippen LogP) is 6.43. The molecule has 35 heavy (non-hydrogen) atoms. The second kappa shape index (κ2) is 10.6. The Morgan fingerprint density at radius 2 is 1.31 bits per heavy atom. The number of aryl methyl sites for hydroxylation is 1. The van der Waals surface area contributed by atoms with E-state index in [2.05, 4.69) is 82.0 Å². The minimum absolute atomic E-state index is 0.569. The molecule has 0 aliphatic heterocycles. The Balaban J connectivity index is 1.56. The maximum Gasteiger partial charge on any atom is 0.204 e. The van der Waals surface area contributed by atoms with Gasteiger partial charge in [-0.15, -0.1) is 5.10 Å². The predicted molar refractivity (Wildman–Crippen MR) is 142 cm³/mol. The first-order chi connectivity index (χ1) is 17.2. The summed E-state index contributed by atoms with van der Waals surface area (Å²) in [5.74, 6) is 0.811. The Morgan fingerprint density at radius 1 is 0.743 bits per heavy atom. The molecule has 0 spiro atoms. The largest absolute Gasteiger partial charge is 0.276 e.